The normalized spacial score (nSPS) is 28.0. The second-order valence-corrected chi connectivity index (χ2v) is 26.2. The molecule has 444 valence electrons. The number of aliphatic hydroxyl groups is 2. The summed E-state index contributed by atoms with van der Waals surface area (Å²) in [7, 11) is 1.76. The Morgan fingerprint density at radius 1 is 0.826 bits per heavy atom. The third-order valence-electron chi connectivity index (χ3n) is 21.4. The lowest BCUT2D eigenvalue weighted by molar-refractivity contribution is -0.182. The molecular formula is C74H79N3O9. The fourth-order valence-electron chi connectivity index (χ4n) is 17.2. The van der Waals surface area contributed by atoms with Crippen LogP contribution in [0.15, 0.2) is 120 Å². The molecule has 10 aliphatic rings. The van der Waals surface area contributed by atoms with Gasteiger partial charge in [0.05, 0.1) is 37.6 Å². The van der Waals surface area contributed by atoms with E-state index >= 15 is 0 Å². The summed E-state index contributed by atoms with van der Waals surface area (Å²) in [6.07, 6.45) is 26.5. The minimum atomic E-state index is -0.762. The summed E-state index contributed by atoms with van der Waals surface area (Å²) >= 11 is 0. The Morgan fingerprint density at radius 2 is 1.72 bits per heavy atom. The number of aliphatic hydroxyl groups excluding tert-OH is 2. The number of dihydropyridines is 1. The lowest BCUT2D eigenvalue weighted by Gasteiger charge is -2.62. The molecule has 8 bridgehead atoms. The van der Waals surface area contributed by atoms with Gasteiger partial charge in [0.1, 0.15) is 36.3 Å². The van der Waals surface area contributed by atoms with Crippen LogP contribution in [-0.2, 0) is 58.5 Å². The number of benzene rings is 5. The van der Waals surface area contributed by atoms with Crippen LogP contribution in [0.4, 0.5) is 0 Å². The van der Waals surface area contributed by atoms with E-state index in [1.165, 1.54) is 47.1 Å². The maximum Gasteiger partial charge on any atom is 0.168 e. The lowest BCUT2D eigenvalue weighted by atomic mass is 9.46. The first kappa shape index (κ1) is 55.5. The number of nitrogens with one attached hydrogen (secondary N) is 2. The molecule has 7 heterocycles. The van der Waals surface area contributed by atoms with Gasteiger partial charge in [-0.2, -0.15) is 0 Å². The van der Waals surface area contributed by atoms with Gasteiger partial charge in [-0.05, 0) is 169 Å². The molecule has 0 radical (unpaired) electrons. The van der Waals surface area contributed by atoms with Gasteiger partial charge in [0, 0.05) is 88.9 Å². The molecule has 3 fully saturated rings. The molecule has 1 unspecified atom stereocenters. The molecule has 12 heteroatoms. The zero-order valence-corrected chi connectivity index (χ0v) is 49.3. The highest BCUT2D eigenvalue weighted by Crippen LogP contribution is 2.64. The van der Waals surface area contributed by atoms with E-state index in [1.54, 1.807) is 31.4 Å². The van der Waals surface area contributed by atoms with Crippen molar-refractivity contribution in [3.63, 3.8) is 0 Å². The van der Waals surface area contributed by atoms with E-state index in [-0.39, 0.29) is 90.3 Å². The average molecular weight is 1150 g/mol. The van der Waals surface area contributed by atoms with E-state index in [0.717, 1.165) is 132 Å². The number of phenolic OH excluding ortho intramolecular Hbond substituents is 3. The van der Waals surface area contributed by atoms with Crippen LogP contribution in [0.3, 0.4) is 0 Å². The van der Waals surface area contributed by atoms with E-state index in [4.69, 9.17) is 18.9 Å². The Kier molecular flexibility index (Phi) is 14.6. The highest BCUT2D eigenvalue weighted by atomic mass is 16.5. The van der Waals surface area contributed by atoms with Crippen molar-refractivity contribution in [1.29, 1.82) is 0 Å². The number of hydrogen-bond acceptors (Lipinski definition) is 11. The topological polar surface area (TPSA) is 167 Å². The van der Waals surface area contributed by atoms with Gasteiger partial charge in [-0.1, -0.05) is 104 Å². The number of phenols is 3. The van der Waals surface area contributed by atoms with E-state index in [1.807, 2.05) is 24.3 Å². The van der Waals surface area contributed by atoms with Crippen LogP contribution in [0.25, 0.3) is 28.7 Å². The molecule has 12 nitrogen and oxygen atoms in total. The monoisotopic (exact) mass is 1150 g/mol. The quantitative estimate of drug-likeness (QED) is 0.0725. The number of nitrogens with zero attached hydrogens (tertiary/aromatic N) is 1. The second-order valence-electron chi connectivity index (χ2n) is 26.2. The molecule has 6 aromatic rings. The van der Waals surface area contributed by atoms with Crippen molar-refractivity contribution in [2.75, 3.05) is 20.3 Å². The molecule has 6 aliphatic heterocycles. The summed E-state index contributed by atoms with van der Waals surface area (Å²) in [5.74, 6) is 9.56. The first-order valence-corrected chi connectivity index (χ1v) is 31.9. The highest BCUT2D eigenvalue weighted by Gasteiger charge is 2.62. The number of rotatable bonds is 8. The predicted octanol–water partition coefficient (Wildman–Crippen LogP) is 12.2. The summed E-state index contributed by atoms with van der Waals surface area (Å²) in [6, 6.07) is 26.6. The lowest BCUT2D eigenvalue weighted by Crippen LogP contribution is -2.63. The summed E-state index contributed by atoms with van der Waals surface area (Å²) in [4.78, 5) is 0. The van der Waals surface area contributed by atoms with Crippen LogP contribution in [-0.4, -0.2) is 80.6 Å². The molecule has 7 N–H and O–H groups in total. The minimum Gasteiger partial charge on any atom is -0.508 e. The third kappa shape index (κ3) is 9.69. The van der Waals surface area contributed by atoms with Crippen LogP contribution in [0.1, 0.15) is 145 Å². The SMILES string of the molecule is CO[C@H]1CCC2=C3C#C[C@H](CCc4ccc(O)c(Cc5cccc(O)c5)c4)CCC[C@H]4C[C@H](O)[C@H]5C=Cc6c(c(CO)cc(O)c6OCc6cc([C@@]78c9c%10cccc9CC[C@H]7C7(CCCCC7)OC[C@H]8C=C%10)cc7cn(cc67)C(=C3CO4)NC2N1)C5. The molecule has 4 aliphatic carbocycles. The zero-order chi connectivity index (χ0) is 58.3. The van der Waals surface area contributed by atoms with Gasteiger partial charge in [0.2, 0.25) is 0 Å². The molecule has 16 rings (SSSR count). The van der Waals surface area contributed by atoms with Crippen LogP contribution in [0.2, 0.25) is 0 Å². The molecule has 5 aromatic carbocycles. The molecule has 1 aromatic heterocycles. The van der Waals surface area contributed by atoms with Crippen molar-refractivity contribution in [2.24, 2.45) is 23.7 Å². The van der Waals surface area contributed by atoms with Gasteiger partial charge < -0.3 is 54.4 Å². The molecule has 0 amide bonds. The first-order chi connectivity index (χ1) is 42.0. The van der Waals surface area contributed by atoms with Crippen molar-refractivity contribution >= 4 is 28.7 Å². The second kappa shape index (κ2) is 22.6. The van der Waals surface area contributed by atoms with Crippen LogP contribution < -0.4 is 15.4 Å². The summed E-state index contributed by atoms with van der Waals surface area (Å²) in [5.41, 5.74) is 14.1. The van der Waals surface area contributed by atoms with Crippen LogP contribution in [0, 0.1) is 35.5 Å². The number of ether oxygens (including phenoxy) is 4. The maximum atomic E-state index is 12.4. The minimum absolute atomic E-state index is 0.0227. The van der Waals surface area contributed by atoms with Gasteiger partial charge in [-0.3, -0.25) is 5.32 Å². The molecule has 86 heavy (non-hydrogen) atoms. The Hall–Kier alpha value is -7.08. The molecule has 1 saturated carbocycles. The molecule has 9 atom stereocenters. The highest BCUT2D eigenvalue weighted by molar-refractivity contribution is 5.89. The molecule has 1 spiro atoms. The van der Waals surface area contributed by atoms with E-state index < -0.39 is 6.10 Å². The summed E-state index contributed by atoms with van der Waals surface area (Å²) < 4.78 is 29.9. The van der Waals surface area contributed by atoms with Gasteiger partial charge in [-0.15, -0.1) is 0 Å². The van der Waals surface area contributed by atoms with E-state index in [2.05, 4.69) is 94.1 Å². The van der Waals surface area contributed by atoms with Crippen LogP contribution >= 0.6 is 0 Å². The summed E-state index contributed by atoms with van der Waals surface area (Å²) in [6.45, 7) is 0.829. The van der Waals surface area contributed by atoms with Crippen molar-refractivity contribution in [1.82, 2.24) is 15.2 Å². The zero-order valence-electron chi connectivity index (χ0n) is 49.3. The maximum absolute atomic E-state index is 12.4. The van der Waals surface area contributed by atoms with Gasteiger partial charge in [-0.25, -0.2) is 0 Å². The largest absolute Gasteiger partial charge is 0.508 e. The summed E-state index contributed by atoms with van der Waals surface area (Å²) in [5, 5.41) is 66.4. The van der Waals surface area contributed by atoms with Gasteiger partial charge >= 0.3 is 0 Å². The van der Waals surface area contributed by atoms with Crippen molar-refractivity contribution in [3.05, 3.63) is 181 Å². The van der Waals surface area contributed by atoms with Crippen LogP contribution in [0.5, 0.6) is 23.0 Å². The third-order valence-corrected chi connectivity index (χ3v) is 21.4. The fraction of sp³-hybridized carbons (Fsp3) is 0.432. The van der Waals surface area contributed by atoms with Gasteiger partial charge in [0.25, 0.3) is 0 Å². The number of aromatic hydroxyl groups is 3. The van der Waals surface area contributed by atoms with Gasteiger partial charge in [0.15, 0.2) is 11.5 Å². The smallest absolute Gasteiger partial charge is 0.168 e. The Labute approximate surface area is 504 Å². The van der Waals surface area contributed by atoms with Crippen molar-refractivity contribution in [2.45, 2.75) is 158 Å². The standard InChI is InChI=1S/C74H79N3O9/c1-83-68-27-24-60-58-22-16-44(14-15-45-17-25-64(80)50(30-45)31-46-9-5-12-56(79)32-46)8-6-13-57-37-65(81)49-19-23-59-61(35-49)52(40-78)36-66(82)70(59)85-41-53-34-55(33-51-38-77(39-62(51)53)72(63(58)43-84-57)76-71(60)75-68)74-54-21-18-47-10-7-11-48(69(47)74)20-26-67(74)73(86-42-54)28-3-2-4-29-73/h5,7,9-12,17-19,21,23,25,30,32-34,36,38-39,44,49,54,57,65,67-68,71,75-76,78-82H,2-4,6,8,13-15,20,24,26-29,31,35,37,40-43H2,1H3/t44-,49-,54+,57-,65-,67-,68-,71?,74+/m0/s1. The number of hydrogen-bond donors (Lipinski definition) is 7. The Bertz CT molecular complexity index is 3850. The van der Waals surface area contributed by atoms with E-state index in [9.17, 15) is 25.5 Å². The number of methoxy groups -OCH3 is 1. The predicted molar refractivity (Wildman–Crippen MR) is 333 cm³/mol. The Balaban J connectivity index is 0.899. The number of fused-ring (bicyclic) bond motifs is 4. The first-order valence-electron chi connectivity index (χ1n) is 31.9. The number of piperidine rings is 1. The average Bonchev–Trinajstić information content (AvgIpc) is 0.770. The van der Waals surface area contributed by atoms with Crippen molar-refractivity contribution in [3.8, 4) is 34.8 Å². The molecular weight excluding hydrogens is 1070 g/mol. The Morgan fingerprint density at radius 3 is 2.59 bits per heavy atom. The van der Waals surface area contributed by atoms with E-state index in [0.29, 0.717) is 37.2 Å². The fourth-order valence-corrected chi connectivity index (χ4v) is 17.2. The molecule has 2 saturated heterocycles. The number of aryl methyl sites for hydroxylation is 2. The van der Waals surface area contributed by atoms with Crippen molar-refractivity contribution < 1.29 is 44.5 Å². The number of aromatic nitrogens is 1.